The first-order valence-corrected chi connectivity index (χ1v) is 5.85. The number of carbonyl (C=O) groups is 1. The van der Waals surface area contributed by atoms with Crippen molar-refractivity contribution in [2.45, 2.75) is 27.2 Å². The molecular formula is C14H21NO. The molecule has 0 aliphatic rings. The zero-order valence-corrected chi connectivity index (χ0v) is 10.4. The molecule has 2 N–H and O–H groups in total. The highest BCUT2D eigenvalue weighted by Gasteiger charge is 2.19. The van der Waals surface area contributed by atoms with E-state index in [9.17, 15) is 4.79 Å². The number of benzene rings is 1. The molecule has 0 aromatic heterocycles. The van der Waals surface area contributed by atoms with Gasteiger partial charge in [-0.1, -0.05) is 43.7 Å². The van der Waals surface area contributed by atoms with Crippen molar-refractivity contribution in [3.8, 4) is 0 Å². The van der Waals surface area contributed by atoms with Crippen LogP contribution in [-0.2, 0) is 0 Å². The van der Waals surface area contributed by atoms with E-state index in [0.29, 0.717) is 12.5 Å². The second kappa shape index (κ2) is 5.80. The summed E-state index contributed by atoms with van der Waals surface area (Å²) in [6.07, 6.45) is 0.864. The molecule has 2 heteroatoms. The molecule has 0 radical (unpaired) electrons. The molecule has 0 aliphatic heterocycles. The zero-order valence-electron chi connectivity index (χ0n) is 10.4. The van der Waals surface area contributed by atoms with Gasteiger partial charge in [-0.2, -0.15) is 0 Å². The Bertz CT molecular complexity index is 340. The van der Waals surface area contributed by atoms with E-state index in [4.69, 9.17) is 5.73 Å². The van der Waals surface area contributed by atoms with Crippen LogP contribution in [0.25, 0.3) is 0 Å². The number of rotatable bonds is 5. The molecule has 1 aromatic carbocycles. The third-order valence-electron chi connectivity index (χ3n) is 2.75. The maximum absolute atomic E-state index is 12.1. The van der Waals surface area contributed by atoms with Crippen LogP contribution in [0.5, 0.6) is 0 Å². The summed E-state index contributed by atoms with van der Waals surface area (Å²) in [6.45, 7) is 6.68. The van der Waals surface area contributed by atoms with E-state index in [2.05, 4.69) is 13.8 Å². The van der Waals surface area contributed by atoms with Crippen LogP contribution in [0, 0.1) is 18.8 Å². The standard InChI is InChI=1S/C14H21NO/c1-10(2)8-13(9-15)14(16)12-6-4-11(3)5-7-12/h4-7,10,13H,8-9,15H2,1-3H3. The molecule has 0 saturated carbocycles. The molecule has 1 aromatic rings. The van der Waals surface area contributed by atoms with Gasteiger partial charge < -0.3 is 5.73 Å². The minimum Gasteiger partial charge on any atom is -0.330 e. The van der Waals surface area contributed by atoms with E-state index in [0.717, 1.165) is 12.0 Å². The molecule has 0 spiro atoms. The van der Waals surface area contributed by atoms with E-state index >= 15 is 0 Å². The van der Waals surface area contributed by atoms with Crippen LogP contribution < -0.4 is 5.73 Å². The lowest BCUT2D eigenvalue weighted by Gasteiger charge is -2.15. The Balaban J connectivity index is 2.78. The highest BCUT2D eigenvalue weighted by atomic mass is 16.1. The average molecular weight is 219 g/mol. The summed E-state index contributed by atoms with van der Waals surface area (Å²) in [5.74, 6) is 0.641. The molecular weight excluding hydrogens is 198 g/mol. The highest BCUT2D eigenvalue weighted by Crippen LogP contribution is 2.16. The average Bonchev–Trinajstić information content (AvgIpc) is 2.25. The normalized spacial score (nSPS) is 12.8. The second-order valence-electron chi connectivity index (χ2n) is 4.79. The van der Waals surface area contributed by atoms with Gasteiger partial charge in [0.1, 0.15) is 0 Å². The van der Waals surface area contributed by atoms with Crippen molar-refractivity contribution in [1.29, 1.82) is 0 Å². The fraction of sp³-hybridized carbons (Fsp3) is 0.500. The maximum Gasteiger partial charge on any atom is 0.167 e. The molecule has 2 nitrogen and oxygen atoms in total. The minimum atomic E-state index is -0.0392. The van der Waals surface area contributed by atoms with Gasteiger partial charge in [0.25, 0.3) is 0 Å². The number of ketones is 1. The Kier molecular flexibility index (Phi) is 4.69. The van der Waals surface area contributed by atoms with Crippen molar-refractivity contribution in [2.75, 3.05) is 6.54 Å². The van der Waals surface area contributed by atoms with Crippen molar-refractivity contribution in [1.82, 2.24) is 0 Å². The summed E-state index contributed by atoms with van der Waals surface area (Å²) in [7, 11) is 0. The van der Waals surface area contributed by atoms with Crippen LogP contribution >= 0.6 is 0 Å². The number of carbonyl (C=O) groups excluding carboxylic acids is 1. The first-order valence-electron chi connectivity index (χ1n) is 5.85. The Morgan fingerprint density at radius 3 is 2.25 bits per heavy atom. The van der Waals surface area contributed by atoms with Crippen molar-refractivity contribution < 1.29 is 4.79 Å². The Labute approximate surface area is 97.9 Å². The van der Waals surface area contributed by atoms with Gasteiger partial charge in [0, 0.05) is 18.0 Å². The summed E-state index contributed by atoms with van der Waals surface area (Å²) >= 11 is 0. The zero-order chi connectivity index (χ0) is 12.1. The topological polar surface area (TPSA) is 43.1 Å². The van der Waals surface area contributed by atoms with E-state index in [1.807, 2.05) is 31.2 Å². The molecule has 1 atom stereocenters. The number of Topliss-reactive ketones (excluding diaryl/α,β-unsaturated/α-hetero) is 1. The highest BCUT2D eigenvalue weighted by molar-refractivity contribution is 5.98. The van der Waals surface area contributed by atoms with Gasteiger partial charge in [0.15, 0.2) is 5.78 Å². The van der Waals surface area contributed by atoms with E-state index in [-0.39, 0.29) is 11.7 Å². The van der Waals surface area contributed by atoms with Gasteiger partial charge in [-0.3, -0.25) is 4.79 Å². The molecule has 0 aliphatic carbocycles. The van der Waals surface area contributed by atoms with Gasteiger partial charge in [0.2, 0.25) is 0 Å². The summed E-state index contributed by atoms with van der Waals surface area (Å²) in [4.78, 5) is 12.1. The van der Waals surface area contributed by atoms with Crippen LogP contribution in [0.3, 0.4) is 0 Å². The second-order valence-corrected chi connectivity index (χ2v) is 4.79. The Morgan fingerprint density at radius 2 is 1.81 bits per heavy atom. The summed E-state index contributed by atoms with van der Waals surface area (Å²) in [6, 6.07) is 7.72. The Hall–Kier alpha value is -1.15. The summed E-state index contributed by atoms with van der Waals surface area (Å²) in [5.41, 5.74) is 7.62. The molecule has 0 amide bonds. The van der Waals surface area contributed by atoms with Gasteiger partial charge in [-0.05, 0) is 19.3 Å². The molecule has 0 bridgehead atoms. The van der Waals surface area contributed by atoms with Crippen LogP contribution in [0.1, 0.15) is 36.2 Å². The van der Waals surface area contributed by atoms with Crippen LogP contribution in [0.15, 0.2) is 24.3 Å². The molecule has 1 unspecified atom stereocenters. The minimum absolute atomic E-state index is 0.0392. The third kappa shape index (κ3) is 3.46. The molecule has 0 fully saturated rings. The van der Waals surface area contributed by atoms with Crippen molar-refractivity contribution in [3.63, 3.8) is 0 Å². The van der Waals surface area contributed by atoms with Crippen LogP contribution in [-0.4, -0.2) is 12.3 Å². The van der Waals surface area contributed by atoms with Crippen LogP contribution in [0.4, 0.5) is 0 Å². The number of nitrogens with two attached hydrogens (primary N) is 1. The van der Waals surface area contributed by atoms with E-state index in [1.54, 1.807) is 0 Å². The maximum atomic E-state index is 12.1. The summed E-state index contributed by atoms with van der Waals surface area (Å²) < 4.78 is 0. The van der Waals surface area contributed by atoms with Crippen LogP contribution in [0.2, 0.25) is 0 Å². The van der Waals surface area contributed by atoms with Gasteiger partial charge >= 0.3 is 0 Å². The summed E-state index contributed by atoms with van der Waals surface area (Å²) in [5, 5.41) is 0. The lowest BCUT2D eigenvalue weighted by Crippen LogP contribution is -2.25. The van der Waals surface area contributed by atoms with Crippen molar-refractivity contribution in [3.05, 3.63) is 35.4 Å². The molecule has 88 valence electrons. The van der Waals surface area contributed by atoms with Gasteiger partial charge in [-0.15, -0.1) is 0 Å². The fourth-order valence-electron chi connectivity index (χ4n) is 1.83. The third-order valence-corrected chi connectivity index (χ3v) is 2.75. The fourth-order valence-corrected chi connectivity index (χ4v) is 1.83. The SMILES string of the molecule is Cc1ccc(C(=O)C(CN)CC(C)C)cc1. The number of hydrogen-bond acceptors (Lipinski definition) is 2. The van der Waals surface area contributed by atoms with Crippen molar-refractivity contribution in [2.24, 2.45) is 17.6 Å². The lowest BCUT2D eigenvalue weighted by atomic mass is 9.89. The van der Waals surface area contributed by atoms with Crippen molar-refractivity contribution >= 4 is 5.78 Å². The predicted molar refractivity (Wildman–Crippen MR) is 67.5 cm³/mol. The quantitative estimate of drug-likeness (QED) is 0.774. The van der Waals surface area contributed by atoms with Gasteiger partial charge in [0.05, 0.1) is 0 Å². The van der Waals surface area contributed by atoms with Gasteiger partial charge in [-0.25, -0.2) is 0 Å². The molecule has 0 heterocycles. The lowest BCUT2D eigenvalue weighted by molar-refractivity contribution is 0.0909. The number of hydrogen-bond donors (Lipinski definition) is 1. The number of aryl methyl sites for hydroxylation is 1. The monoisotopic (exact) mass is 219 g/mol. The molecule has 0 saturated heterocycles. The largest absolute Gasteiger partial charge is 0.330 e. The Morgan fingerprint density at radius 1 is 1.25 bits per heavy atom. The molecule has 16 heavy (non-hydrogen) atoms. The first-order chi connectivity index (χ1) is 7.54. The first kappa shape index (κ1) is 12.9. The predicted octanol–water partition coefficient (Wildman–Crippen LogP) is 2.80. The van der Waals surface area contributed by atoms with E-state index < -0.39 is 0 Å². The smallest absolute Gasteiger partial charge is 0.167 e. The van der Waals surface area contributed by atoms with E-state index in [1.165, 1.54) is 5.56 Å². The molecule has 1 rings (SSSR count).